The van der Waals surface area contributed by atoms with Crippen molar-refractivity contribution in [3.05, 3.63) is 0 Å². The maximum atomic E-state index is 9.04. The highest BCUT2D eigenvalue weighted by Gasteiger charge is 2.25. The van der Waals surface area contributed by atoms with Gasteiger partial charge in [-0.15, -0.1) is 0 Å². The quantitative estimate of drug-likeness (QED) is 0.523. The summed E-state index contributed by atoms with van der Waals surface area (Å²) in [5.74, 6) is -1.50. The first-order valence-electron chi connectivity index (χ1n) is 5.91. The minimum absolute atomic E-state index is 0.111. The number of unbranched alkanes of at least 4 members (excludes halogenated alkanes) is 1. The fourth-order valence-electron chi connectivity index (χ4n) is 1.16. The van der Waals surface area contributed by atoms with E-state index in [2.05, 4.69) is 6.92 Å². The van der Waals surface area contributed by atoms with E-state index in [0.29, 0.717) is 0 Å². The van der Waals surface area contributed by atoms with Crippen LogP contribution in [0.4, 0.5) is 0 Å². The van der Waals surface area contributed by atoms with Crippen molar-refractivity contribution in [2.75, 3.05) is 13.2 Å². The van der Waals surface area contributed by atoms with Crippen LogP contribution in [-0.4, -0.2) is 39.4 Å². The van der Waals surface area contributed by atoms with E-state index < -0.39 is 5.79 Å². The maximum absolute atomic E-state index is 9.04. The summed E-state index contributed by atoms with van der Waals surface area (Å²) >= 11 is 0. The molecule has 0 atom stereocenters. The van der Waals surface area contributed by atoms with Gasteiger partial charge in [0, 0.05) is 5.41 Å². The SMILES string of the molecule is CC(C)(O)O.CCCCC(CC)(CO)CO. The third kappa shape index (κ3) is 11.9. The molecule has 0 saturated carbocycles. The average molecular weight is 236 g/mol. The Balaban J connectivity index is 0. The minimum Gasteiger partial charge on any atom is -0.396 e. The van der Waals surface area contributed by atoms with Gasteiger partial charge >= 0.3 is 0 Å². The highest BCUT2D eigenvalue weighted by atomic mass is 16.5. The van der Waals surface area contributed by atoms with Crippen LogP contribution in [0.5, 0.6) is 0 Å². The van der Waals surface area contributed by atoms with Crippen molar-refractivity contribution >= 4 is 0 Å². The Labute approximate surface area is 98.9 Å². The molecule has 0 aliphatic carbocycles. The molecular weight excluding hydrogens is 208 g/mol. The summed E-state index contributed by atoms with van der Waals surface area (Å²) in [7, 11) is 0. The van der Waals surface area contributed by atoms with Gasteiger partial charge in [0.2, 0.25) is 0 Å². The van der Waals surface area contributed by atoms with Gasteiger partial charge in [0.1, 0.15) is 0 Å². The van der Waals surface area contributed by atoms with Crippen LogP contribution in [-0.2, 0) is 0 Å². The van der Waals surface area contributed by atoms with E-state index in [1.54, 1.807) is 0 Å². The molecule has 0 aliphatic rings. The summed E-state index contributed by atoms with van der Waals surface area (Å²) < 4.78 is 0. The van der Waals surface area contributed by atoms with Crippen LogP contribution in [0.25, 0.3) is 0 Å². The maximum Gasteiger partial charge on any atom is 0.156 e. The second-order valence-corrected chi connectivity index (χ2v) is 4.77. The molecule has 0 amide bonds. The number of rotatable bonds is 6. The van der Waals surface area contributed by atoms with Gasteiger partial charge in [-0.05, 0) is 26.7 Å². The van der Waals surface area contributed by atoms with Crippen molar-refractivity contribution in [1.29, 1.82) is 0 Å². The number of hydrogen-bond donors (Lipinski definition) is 4. The van der Waals surface area contributed by atoms with Crippen molar-refractivity contribution in [3.8, 4) is 0 Å². The predicted octanol–water partition coefficient (Wildman–Crippen LogP) is 1.26. The van der Waals surface area contributed by atoms with Crippen LogP contribution in [0.1, 0.15) is 53.4 Å². The minimum atomic E-state index is -1.50. The van der Waals surface area contributed by atoms with Gasteiger partial charge in [0.05, 0.1) is 13.2 Å². The molecule has 0 saturated heterocycles. The number of aliphatic hydroxyl groups excluding tert-OH is 2. The molecule has 0 heterocycles. The fraction of sp³-hybridized carbons (Fsp3) is 1.00. The van der Waals surface area contributed by atoms with Crippen LogP contribution in [0.2, 0.25) is 0 Å². The van der Waals surface area contributed by atoms with E-state index in [-0.39, 0.29) is 18.6 Å². The molecule has 16 heavy (non-hydrogen) atoms. The van der Waals surface area contributed by atoms with Crippen LogP contribution in [0, 0.1) is 5.41 Å². The van der Waals surface area contributed by atoms with E-state index in [0.717, 1.165) is 25.7 Å². The van der Waals surface area contributed by atoms with Crippen LogP contribution in [0.15, 0.2) is 0 Å². The summed E-state index contributed by atoms with van der Waals surface area (Å²) in [6.45, 7) is 6.96. The summed E-state index contributed by atoms with van der Waals surface area (Å²) in [6, 6.07) is 0. The molecule has 0 radical (unpaired) electrons. The van der Waals surface area contributed by atoms with Gasteiger partial charge in [-0.25, -0.2) is 0 Å². The molecule has 0 bridgehead atoms. The van der Waals surface area contributed by atoms with E-state index in [1.165, 1.54) is 13.8 Å². The lowest BCUT2D eigenvalue weighted by molar-refractivity contribution is -0.127. The largest absolute Gasteiger partial charge is 0.396 e. The second kappa shape index (κ2) is 8.93. The standard InChI is InChI=1S/C9H20O2.C3H8O2/c1-3-5-6-9(4-2,7-10)8-11;1-3(2,4)5/h10-11H,3-8H2,1-2H3;4-5H,1-2H3. The van der Waals surface area contributed by atoms with Gasteiger partial charge in [-0.1, -0.05) is 26.7 Å². The van der Waals surface area contributed by atoms with Crippen LogP contribution < -0.4 is 0 Å². The Morgan fingerprint density at radius 2 is 1.31 bits per heavy atom. The molecule has 0 spiro atoms. The predicted molar refractivity (Wildman–Crippen MR) is 64.9 cm³/mol. The normalized spacial score (nSPS) is 12.0. The molecule has 4 nitrogen and oxygen atoms in total. The number of hydrogen-bond acceptors (Lipinski definition) is 4. The fourth-order valence-corrected chi connectivity index (χ4v) is 1.16. The van der Waals surface area contributed by atoms with Crippen molar-refractivity contribution < 1.29 is 20.4 Å². The number of aliphatic hydroxyl groups is 4. The molecule has 0 unspecified atom stereocenters. The zero-order valence-electron chi connectivity index (χ0n) is 11.0. The van der Waals surface area contributed by atoms with Gasteiger partial charge in [-0.3, -0.25) is 0 Å². The Morgan fingerprint density at radius 1 is 0.938 bits per heavy atom. The third-order valence-electron chi connectivity index (χ3n) is 2.48. The zero-order valence-corrected chi connectivity index (χ0v) is 11.0. The van der Waals surface area contributed by atoms with Gasteiger partial charge < -0.3 is 20.4 Å². The summed E-state index contributed by atoms with van der Waals surface area (Å²) in [6.07, 6.45) is 4.02. The highest BCUT2D eigenvalue weighted by Crippen LogP contribution is 2.27. The van der Waals surface area contributed by atoms with E-state index in [1.807, 2.05) is 6.92 Å². The highest BCUT2D eigenvalue weighted by molar-refractivity contribution is 4.75. The molecule has 0 aromatic rings. The topological polar surface area (TPSA) is 80.9 Å². The van der Waals surface area contributed by atoms with Crippen LogP contribution in [0.3, 0.4) is 0 Å². The van der Waals surface area contributed by atoms with Crippen molar-refractivity contribution in [3.63, 3.8) is 0 Å². The van der Waals surface area contributed by atoms with Crippen molar-refractivity contribution in [2.45, 2.75) is 59.2 Å². The van der Waals surface area contributed by atoms with Crippen molar-refractivity contribution in [1.82, 2.24) is 0 Å². The second-order valence-electron chi connectivity index (χ2n) is 4.77. The van der Waals surface area contributed by atoms with Crippen molar-refractivity contribution in [2.24, 2.45) is 5.41 Å². The van der Waals surface area contributed by atoms with Gasteiger partial charge in [-0.2, -0.15) is 0 Å². The van der Waals surface area contributed by atoms with E-state index in [9.17, 15) is 0 Å². The van der Waals surface area contributed by atoms with Gasteiger partial charge in [0.15, 0.2) is 5.79 Å². The first-order valence-corrected chi connectivity index (χ1v) is 5.91. The van der Waals surface area contributed by atoms with E-state index in [4.69, 9.17) is 20.4 Å². The third-order valence-corrected chi connectivity index (χ3v) is 2.48. The Bertz CT molecular complexity index is 133. The summed E-state index contributed by atoms with van der Waals surface area (Å²) in [5.41, 5.74) is -0.212. The molecule has 0 rings (SSSR count). The first kappa shape index (κ1) is 18.2. The zero-order chi connectivity index (χ0) is 13.2. The van der Waals surface area contributed by atoms with Crippen LogP contribution >= 0.6 is 0 Å². The first-order chi connectivity index (χ1) is 7.24. The Morgan fingerprint density at radius 3 is 1.50 bits per heavy atom. The molecule has 100 valence electrons. The van der Waals surface area contributed by atoms with Gasteiger partial charge in [0.25, 0.3) is 0 Å². The smallest absolute Gasteiger partial charge is 0.156 e. The molecule has 4 heteroatoms. The Hall–Kier alpha value is -0.160. The lowest BCUT2D eigenvalue weighted by atomic mass is 9.82. The lowest BCUT2D eigenvalue weighted by Crippen LogP contribution is -2.28. The molecule has 4 N–H and O–H groups in total. The monoisotopic (exact) mass is 236 g/mol. The Kier molecular flexibility index (Phi) is 10.2. The molecule has 0 aromatic carbocycles. The molecule has 0 fully saturated rings. The molecule has 0 aliphatic heterocycles. The van der Waals surface area contributed by atoms with E-state index >= 15 is 0 Å². The lowest BCUT2D eigenvalue weighted by Gasteiger charge is -2.27. The molecule has 0 aromatic heterocycles. The average Bonchev–Trinajstić information content (AvgIpc) is 2.19. The summed E-state index contributed by atoms with van der Waals surface area (Å²) in [5, 5.41) is 34.2. The summed E-state index contributed by atoms with van der Waals surface area (Å²) in [4.78, 5) is 0. The molecular formula is C12H28O4.